The maximum absolute atomic E-state index is 12.5. The Bertz CT molecular complexity index is 704. The molecule has 0 aliphatic heterocycles. The van der Waals surface area contributed by atoms with Crippen LogP contribution in [0.4, 0.5) is 0 Å². The van der Waals surface area contributed by atoms with Gasteiger partial charge in [0.2, 0.25) is 0 Å². The largest absolute Gasteiger partial charge is 0.462 e. The fourth-order valence-corrected chi connectivity index (χ4v) is 5.69. The van der Waals surface area contributed by atoms with Gasteiger partial charge in [-0.2, -0.15) is 0 Å². The van der Waals surface area contributed by atoms with Crippen LogP contribution in [0, 0.1) is 11.8 Å². The number of unbranched alkanes of at least 4 members (excludes halogenated alkanes) is 19. The smallest absolute Gasteiger partial charge is 0.306 e. The van der Waals surface area contributed by atoms with Gasteiger partial charge in [0.05, 0.1) is 0 Å². The minimum absolute atomic E-state index is 0.0674. The molecule has 0 unspecified atom stereocenters. The third kappa shape index (κ3) is 33.8. The first-order valence-corrected chi connectivity index (χ1v) is 19.7. The quantitative estimate of drug-likeness (QED) is 0.0391. The first-order chi connectivity index (χ1) is 22.2. The van der Waals surface area contributed by atoms with Gasteiger partial charge in [-0.05, 0) is 31.1 Å². The number of esters is 3. The van der Waals surface area contributed by atoms with Crippen LogP contribution in [-0.2, 0) is 28.6 Å². The molecule has 46 heavy (non-hydrogen) atoms. The van der Waals surface area contributed by atoms with E-state index in [-0.39, 0.29) is 31.1 Å². The SMILES string of the molecule is CCCCCCCCCC(=O)O[C@H](COC(=O)CCCCCCCCCCCC(C)C)COC(=O)CCCCCCCCC(C)C. The predicted molar refractivity (Wildman–Crippen MR) is 192 cm³/mol. The van der Waals surface area contributed by atoms with Crippen molar-refractivity contribution in [2.24, 2.45) is 11.8 Å². The number of carbonyl (C=O) groups is 3. The average molecular weight is 653 g/mol. The Balaban J connectivity index is 4.31. The van der Waals surface area contributed by atoms with E-state index in [0.717, 1.165) is 69.6 Å². The number of rotatable bonds is 34. The molecule has 0 aliphatic rings. The highest BCUT2D eigenvalue weighted by atomic mass is 16.6. The zero-order valence-corrected chi connectivity index (χ0v) is 31.2. The summed E-state index contributed by atoms with van der Waals surface area (Å²) < 4.78 is 16.5. The lowest BCUT2D eigenvalue weighted by molar-refractivity contribution is -0.167. The molecule has 0 N–H and O–H groups in total. The summed E-state index contributed by atoms with van der Waals surface area (Å²) in [5.74, 6) is 0.694. The first-order valence-electron chi connectivity index (χ1n) is 19.7. The van der Waals surface area contributed by atoms with Crippen molar-refractivity contribution in [3.8, 4) is 0 Å². The minimum Gasteiger partial charge on any atom is -0.462 e. The van der Waals surface area contributed by atoms with Gasteiger partial charge >= 0.3 is 17.9 Å². The van der Waals surface area contributed by atoms with Crippen molar-refractivity contribution in [1.82, 2.24) is 0 Å². The van der Waals surface area contributed by atoms with E-state index in [4.69, 9.17) is 14.2 Å². The van der Waals surface area contributed by atoms with Gasteiger partial charge in [-0.1, -0.05) is 169 Å². The molecular formula is C40H76O6. The molecule has 0 saturated carbocycles. The highest BCUT2D eigenvalue weighted by molar-refractivity contribution is 5.71. The molecule has 0 aromatic heterocycles. The van der Waals surface area contributed by atoms with Crippen LogP contribution < -0.4 is 0 Å². The molecule has 6 nitrogen and oxygen atoms in total. The summed E-state index contributed by atoms with van der Waals surface area (Å²) >= 11 is 0. The van der Waals surface area contributed by atoms with Crippen LogP contribution >= 0.6 is 0 Å². The van der Waals surface area contributed by atoms with Crippen LogP contribution in [0.3, 0.4) is 0 Å². The number of hydrogen-bond acceptors (Lipinski definition) is 6. The van der Waals surface area contributed by atoms with Gasteiger partial charge in [0.15, 0.2) is 6.10 Å². The lowest BCUT2D eigenvalue weighted by atomic mass is 10.0. The lowest BCUT2D eigenvalue weighted by Gasteiger charge is -2.18. The van der Waals surface area contributed by atoms with E-state index in [2.05, 4.69) is 34.6 Å². The van der Waals surface area contributed by atoms with Gasteiger partial charge in [-0.3, -0.25) is 14.4 Å². The van der Waals surface area contributed by atoms with Crippen molar-refractivity contribution >= 4 is 17.9 Å². The molecule has 0 radical (unpaired) electrons. The molecule has 0 aromatic rings. The van der Waals surface area contributed by atoms with Crippen LogP contribution in [0.1, 0.15) is 208 Å². The third-order valence-electron chi connectivity index (χ3n) is 8.72. The van der Waals surface area contributed by atoms with Gasteiger partial charge in [0.1, 0.15) is 13.2 Å². The van der Waals surface area contributed by atoms with E-state index in [1.54, 1.807) is 0 Å². The van der Waals surface area contributed by atoms with E-state index < -0.39 is 6.10 Å². The van der Waals surface area contributed by atoms with Gasteiger partial charge in [-0.25, -0.2) is 0 Å². The first kappa shape index (κ1) is 44.4. The Hall–Kier alpha value is -1.59. The fourth-order valence-electron chi connectivity index (χ4n) is 5.69. The monoisotopic (exact) mass is 653 g/mol. The molecule has 6 heteroatoms. The Labute approximate surface area is 285 Å². The third-order valence-corrected chi connectivity index (χ3v) is 8.72. The second-order valence-corrected chi connectivity index (χ2v) is 14.5. The molecule has 1 atom stereocenters. The molecule has 272 valence electrons. The van der Waals surface area contributed by atoms with Crippen molar-refractivity contribution in [3.05, 3.63) is 0 Å². The second-order valence-electron chi connectivity index (χ2n) is 14.5. The average Bonchev–Trinajstić information content (AvgIpc) is 3.01. The number of hydrogen-bond donors (Lipinski definition) is 0. The Morgan fingerprint density at radius 2 is 0.717 bits per heavy atom. The van der Waals surface area contributed by atoms with Crippen LogP contribution in [0.2, 0.25) is 0 Å². The van der Waals surface area contributed by atoms with Crippen molar-refractivity contribution in [1.29, 1.82) is 0 Å². The molecule has 0 aliphatic carbocycles. The molecule has 0 heterocycles. The maximum atomic E-state index is 12.5. The van der Waals surface area contributed by atoms with Crippen LogP contribution in [-0.4, -0.2) is 37.2 Å². The van der Waals surface area contributed by atoms with Gasteiger partial charge in [0.25, 0.3) is 0 Å². The summed E-state index contributed by atoms with van der Waals surface area (Å²) in [7, 11) is 0. The van der Waals surface area contributed by atoms with Crippen LogP contribution in [0.25, 0.3) is 0 Å². The molecule has 0 bridgehead atoms. The molecule has 0 amide bonds. The summed E-state index contributed by atoms with van der Waals surface area (Å²) in [6.45, 7) is 11.2. The second kappa shape index (κ2) is 33.3. The summed E-state index contributed by atoms with van der Waals surface area (Å²) in [6.07, 6.45) is 28.3. The summed E-state index contributed by atoms with van der Waals surface area (Å²) in [4.78, 5) is 37.3. The molecule has 0 fully saturated rings. The Kier molecular flexibility index (Phi) is 32.2. The minimum atomic E-state index is -0.758. The maximum Gasteiger partial charge on any atom is 0.306 e. The van der Waals surface area contributed by atoms with Crippen molar-refractivity contribution < 1.29 is 28.6 Å². The zero-order valence-electron chi connectivity index (χ0n) is 31.2. The van der Waals surface area contributed by atoms with E-state index in [1.165, 1.54) is 96.3 Å². The van der Waals surface area contributed by atoms with Gasteiger partial charge in [-0.15, -0.1) is 0 Å². The summed E-state index contributed by atoms with van der Waals surface area (Å²) in [5.41, 5.74) is 0. The molecule has 0 aromatic carbocycles. The predicted octanol–water partition coefficient (Wildman–Crippen LogP) is 11.8. The molecule has 0 rings (SSSR count). The topological polar surface area (TPSA) is 78.9 Å². The highest BCUT2D eigenvalue weighted by Crippen LogP contribution is 2.15. The summed E-state index contributed by atoms with van der Waals surface area (Å²) in [6, 6.07) is 0. The van der Waals surface area contributed by atoms with Crippen molar-refractivity contribution in [3.63, 3.8) is 0 Å². The van der Waals surface area contributed by atoms with E-state index >= 15 is 0 Å². The standard InChI is InChI=1S/C40H76O6/c1-6-7-8-9-13-22-27-32-40(43)46-37(34-45-39(42)31-26-21-17-16-19-24-29-36(4)5)33-44-38(41)30-25-20-15-12-10-11-14-18-23-28-35(2)3/h35-37H,6-34H2,1-5H3/t37-/m1/s1. The Morgan fingerprint density at radius 3 is 1.07 bits per heavy atom. The highest BCUT2D eigenvalue weighted by Gasteiger charge is 2.19. The number of ether oxygens (including phenoxy) is 3. The van der Waals surface area contributed by atoms with Crippen LogP contribution in [0.15, 0.2) is 0 Å². The van der Waals surface area contributed by atoms with Gasteiger partial charge in [0, 0.05) is 19.3 Å². The summed E-state index contributed by atoms with van der Waals surface area (Å²) in [5, 5.41) is 0. The van der Waals surface area contributed by atoms with Gasteiger partial charge < -0.3 is 14.2 Å². The van der Waals surface area contributed by atoms with E-state index in [9.17, 15) is 14.4 Å². The zero-order chi connectivity index (χ0) is 34.1. The van der Waals surface area contributed by atoms with Crippen molar-refractivity contribution in [2.75, 3.05) is 13.2 Å². The normalized spacial score (nSPS) is 12.1. The van der Waals surface area contributed by atoms with Crippen molar-refractivity contribution in [2.45, 2.75) is 214 Å². The van der Waals surface area contributed by atoms with Crippen LogP contribution in [0.5, 0.6) is 0 Å². The Morgan fingerprint density at radius 1 is 0.413 bits per heavy atom. The molecule has 0 spiro atoms. The fraction of sp³-hybridized carbons (Fsp3) is 0.925. The van der Waals surface area contributed by atoms with E-state index in [1.807, 2.05) is 0 Å². The molecular weight excluding hydrogens is 576 g/mol. The van der Waals surface area contributed by atoms with E-state index in [0.29, 0.717) is 19.3 Å². The lowest BCUT2D eigenvalue weighted by Crippen LogP contribution is -2.30. The number of carbonyl (C=O) groups excluding carboxylic acids is 3. The molecule has 0 saturated heterocycles.